The summed E-state index contributed by atoms with van der Waals surface area (Å²) < 4.78 is 4.87. The second-order valence-corrected chi connectivity index (χ2v) is 3.29. The van der Waals surface area contributed by atoms with Crippen molar-refractivity contribution in [1.82, 2.24) is 0 Å². The Morgan fingerprint density at radius 3 is 2.43 bits per heavy atom. The van der Waals surface area contributed by atoms with E-state index in [9.17, 15) is 4.79 Å². The van der Waals surface area contributed by atoms with Crippen LogP contribution in [0.15, 0.2) is 42.2 Å². The standard InChI is InChI=1S/C11H7ClO2/c12-9-3-1-8(2-4-9)7-10-5-6-11(13)14-10/h1-7H/b10-7-. The number of allylic oxidation sites excluding steroid dienone is 1. The molecule has 0 N–H and O–H groups in total. The number of hydrogen-bond acceptors (Lipinski definition) is 2. The number of carbonyl (C=O) groups excluding carboxylic acids is 1. The van der Waals surface area contributed by atoms with Crippen molar-refractivity contribution >= 4 is 23.6 Å². The van der Waals surface area contributed by atoms with E-state index in [0.29, 0.717) is 10.8 Å². The fourth-order valence-electron chi connectivity index (χ4n) is 1.14. The summed E-state index contributed by atoms with van der Waals surface area (Å²) in [6.45, 7) is 0. The molecule has 1 aliphatic heterocycles. The molecule has 2 rings (SSSR count). The van der Waals surface area contributed by atoms with Crippen molar-refractivity contribution in [2.24, 2.45) is 0 Å². The molecule has 0 spiro atoms. The van der Waals surface area contributed by atoms with Crippen LogP contribution in [0.25, 0.3) is 6.08 Å². The summed E-state index contributed by atoms with van der Waals surface area (Å²) in [5, 5.41) is 0.686. The van der Waals surface area contributed by atoms with E-state index in [1.54, 1.807) is 24.3 Å². The highest BCUT2D eigenvalue weighted by atomic mass is 35.5. The molecule has 1 heterocycles. The maximum atomic E-state index is 10.7. The second-order valence-electron chi connectivity index (χ2n) is 2.85. The van der Waals surface area contributed by atoms with Crippen molar-refractivity contribution in [3.8, 4) is 0 Å². The van der Waals surface area contributed by atoms with E-state index < -0.39 is 0 Å². The summed E-state index contributed by atoms with van der Waals surface area (Å²) in [7, 11) is 0. The second kappa shape index (κ2) is 3.68. The molecule has 0 radical (unpaired) electrons. The van der Waals surface area contributed by atoms with Crippen molar-refractivity contribution in [2.75, 3.05) is 0 Å². The largest absolute Gasteiger partial charge is 0.423 e. The molecule has 0 aromatic heterocycles. The molecule has 1 aromatic carbocycles. The number of ether oxygens (including phenoxy) is 1. The highest BCUT2D eigenvalue weighted by Gasteiger charge is 2.08. The van der Waals surface area contributed by atoms with Crippen molar-refractivity contribution in [1.29, 1.82) is 0 Å². The highest BCUT2D eigenvalue weighted by Crippen LogP contribution is 2.16. The molecule has 3 heteroatoms. The third-order valence-electron chi connectivity index (χ3n) is 1.78. The number of rotatable bonds is 1. The van der Waals surface area contributed by atoms with Crippen LogP contribution in [0.5, 0.6) is 0 Å². The first-order chi connectivity index (χ1) is 6.74. The van der Waals surface area contributed by atoms with Crippen molar-refractivity contribution in [2.45, 2.75) is 0 Å². The molecule has 0 fully saturated rings. The van der Waals surface area contributed by atoms with Gasteiger partial charge in [0.1, 0.15) is 5.76 Å². The first-order valence-electron chi connectivity index (χ1n) is 4.11. The monoisotopic (exact) mass is 206 g/mol. The van der Waals surface area contributed by atoms with Crippen LogP contribution in [-0.2, 0) is 9.53 Å². The van der Waals surface area contributed by atoms with E-state index in [4.69, 9.17) is 16.3 Å². The van der Waals surface area contributed by atoms with Crippen LogP contribution in [0, 0.1) is 0 Å². The van der Waals surface area contributed by atoms with Crippen LogP contribution in [0.1, 0.15) is 5.56 Å². The van der Waals surface area contributed by atoms with Crippen LogP contribution in [0.3, 0.4) is 0 Å². The maximum absolute atomic E-state index is 10.7. The normalized spacial score (nSPS) is 17.5. The minimum absolute atomic E-state index is 0.329. The Morgan fingerprint density at radius 2 is 1.86 bits per heavy atom. The molecule has 1 aromatic rings. The molecule has 1 aliphatic rings. The number of hydrogen-bond donors (Lipinski definition) is 0. The molecule has 0 saturated heterocycles. The van der Waals surface area contributed by atoms with Crippen LogP contribution >= 0.6 is 11.6 Å². The molecular weight excluding hydrogens is 200 g/mol. The Hall–Kier alpha value is -1.54. The van der Waals surface area contributed by atoms with Crippen molar-refractivity contribution in [3.05, 3.63) is 52.8 Å². The number of carbonyl (C=O) groups is 1. The molecule has 0 bridgehead atoms. The number of esters is 1. The SMILES string of the molecule is O=C1C=C/C(=C/c2ccc(Cl)cc2)O1. The van der Waals surface area contributed by atoms with Crippen molar-refractivity contribution in [3.63, 3.8) is 0 Å². The van der Waals surface area contributed by atoms with Gasteiger partial charge in [-0.05, 0) is 29.8 Å². The summed E-state index contributed by atoms with van der Waals surface area (Å²) in [6, 6.07) is 7.29. The number of benzene rings is 1. The molecule has 0 amide bonds. The topological polar surface area (TPSA) is 26.3 Å². The molecule has 0 atom stereocenters. The van der Waals surface area contributed by atoms with Gasteiger partial charge in [0, 0.05) is 11.1 Å². The van der Waals surface area contributed by atoms with Gasteiger partial charge in [0.25, 0.3) is 0 Å². The van der Waals surface area contributed by atoms with Gasteiger partial charge in [-0.1, -0.05) is 23.7 Å². The fourth-order valence-corrected chi connectivity index (χ4v) is 1.26. The van der Waals surface area contributed by atoms with Crippen molar-refractivity contribution < 1.29 is 9.53 Å². The van der Waals surface area contributed by atoms with Crippen LogP contribution < -0.4 is 0 Å². The van der Waals surface area contributed by atoms with Gasteiger partial charge >= 0.3 is 5.97 Å². The lowest BCUT2D eigenvalue weighted by molar-refractivity contribution is -0.132. The van der Waals surface area contributed by atoms with Crippen LogP contribution in [-0.4, -0.2) is 5.97 Å². The van der Waals surface area contributed by atoms with Gasteiger partial charge in [0.05, 0.1) is 0 Å². The molecule has 70 valence electrons. The Bertz CT molecular complexity index is 415. The summed E-state index contributed by atoms with van der Waals surface area (Å²) in [6.07, 6.45) is 4.80. The average molecular weight is 207 g/mol. The highest BCUT2D eigenvalue weighted by molar-refractivity contribution is 6.30. The van der Waals surface area contributed by atoms with Gasteiger partial charge in [-0.3, -0.25) is 0 Å². The lowest BCUT2D eigenvalue weighted by Gasteiger charge is -1.96. The minimum Gasteiger partial charge on any atom is -0.423 e. The van der Waals surface area contributed by atoms with Gasteiger partial charge < -0.3 is 4.74 Å². The van der Waals surface area contributed by atoms with E-state index in [-0.39, 0.29) is 5.97 Å². The zero-order valence-corrected chi connectivity index (χ0v) is 7.99. The summed E-state index contributed by atoms with van der Waals surface area (Å²) in [4.78, 5) is 10.7. The molecular formula is C11H7ClO2. The lowest BCUT2D eigenvalue weighted by Crippen LogP contribution is -1.89. The zero-order chi connectivity index (χ0) is 9.97. The maximum Gasteiger partial charge on any atom is 0.336 e. The van der Waals surface area contributed by atoms with Gasteiger partial charge in [-0.2, -0.15) is 0 Å². The molecule has 2 nitrogen and oxygen atoms in total. The lowest BCUT2D eigenvalue weighted by atomic mass is 10.2. The summed E-state index contributed by atoms with van der Waals surface area (Å²) >= 11 is 5.73. The first kappa shape index (κ1) is 9.03. The van der Waals surface area contributed by atoms with E-state index in [1.165, 1.54) is 6.08 Å². The van der Waals surface area contributed by atoms with Gasteiger partial charge in [0.2, 0.25) is 0 Å². The fraction of sp³-hybridized carbons (Fsp3) is 0. The Morgan fingerprint density at radius 1 is 1.14 bits per heavy atom. The number of halogens is 1. The predicted molar refractivity (Wildman–Crippen MR) is 54.7 cm³/mol. The predicted octanol–water partition coefficient (Wildman–Crippen LogP) is 2.79. The minimum atomic E-state index is -0.329. The molecule has 0 unspecified atom stereocenters. The van der Waals surface area contributed by atoms with E-state index in [0.717, 1.165) is 5.56 Å². The third-order valence-corrected chi connectivity index (χ3v) is 2.03. The van der Waals surface area contributed by atoms with E-state index in [2.05, 4.69) is 0 Å². The third kappa shape index (κ3) is 2.03. The zero-order valence-electron chi connectivity index (χ0n) is 7.24. The Labute approximate surface area is 86.4 Å². The number of cyclic esters (lactones) is 1. The Kier molecular flexibility index (Phi) is 2.37. The average Bonchev–Trinajstić information content (AvgIpc) is 2.56. The van der Waals surface area contributed by atoms with Gasteiger partial charge in [0.15, 0.2) is 0 Å². The summed E-state index contributed by atoms with van der Waals surface area (Å²) in [5.41, 5.74) is 0.948. The quantitative estimate of drug-likeness (QED) is 0.661. The molecule has 0 saturated carbocycles. The van der Waals surface area contributed by atoms with E-state index >= 15 is 0 Å². The smallest absolute Gasteiger partial charge is 0.336 e. The summed E-state index contributed by atoms with van der Waals surface area (Å²) in [5.74, 6) is 0.225. The first-order valence-corrected chi connectivity index (χ1v) is 4.49. The van der Waals surface area contributed by atoms with E-state index in [1.807, 2.05) is 12.1 Å². The van der Waals surface area contributed by atoms with Crippen LogP contribution in [0.4, 0.5) is 0 Å². The van der Waals surface area contributed by atoms with Gasteiger partial charge in [-0.15, -0.1) is 0 Å². The molecule has 14 heavy (non-hydrogen) atoms. The van der Waals surface area contributed by atoms with Crippen LogP contribution in [0.2, 0.25) is 5.02 Å². The Balaban J connectivity index is 2.22. The molecule has 0 aliphatic carbocycles. The van der Waals surface area contributed by atoms with Gasteiger partial charge in [-0.25, -0.2) is 4.79 Å².